The molecule has 46 heavy (non-hydrogen) atoms. The molecule has 11 nitrogen and oxygen atoms in total. The minimum atomic E-state index is -1.19. The molecule has 1 fully saturated rings. The summed E-state index contributed by atoms with van der Waals surface area (Å²) >= 11 is 0. The van der Waals surface area contributed by atoms with E-state index in [4.69, 9.17) is 18.9 Å². The van der Waals surface area contributed by atoms with Gasteiger partial charge >= 0.3 is 43.8 Å². The van der Waals surface area contributed by atoms with Crippen molar-refractivity contribution in [3.63, 3.8) is 0 Å². The van der Waals surface area contributed by atoms with Gasteiger partial charge in [-0.1, -0.05) is 13.0 Å². The molecule has 5 rings (SSSR count). The monoisotopic (exact) mass is 621 g/mol. The third-order valence-corrected chi connectivity index (χ3v) is 8.12. The van der Waals surface area contributed by atoms with Crippen LogP contribution < -0.4 is 52.7 Å². The Morgan fingerprint density at radius 3 is 2.57 bits per heavy atom. The van der Waals surface area contributed by atoms with E-state index in [1.54, 1.807) is 38.8 Å². The van der Waals surface area contributed by atoms with Gasteiger partial charge in [-0.3, -0.25) is 14.3 Å². The molecule has 1 aromatic heterocycles. The van der Waals surface area contributed by atoms with Gasteiger partial charge in [0.15, 0.2) is 0 Å². The molecule has 3 aliphatic rings. The first-order valence-corrected chi connectivity index (χ1v) is 15.0. The molecule has 1 saturated heterocycles. The van der Waals surface area contributed by atoms with Gasteiger partial charge in [0, 0.05) is 48.9 Å². The maximum Gasteiger partial charge on any atom is 1.00 e. The normalized spacial score (nSPS) is 20.5. The number of allylic oxidation sites excluding steroid dienone is 1. The van der Waals surface area contributed by atoms with Crippen LogP contribution in [0.5, 0.6) is 5.75 Å². The Labute approximate surface area is 294 Å². The number of carbonyl (C=O) groups excluding carboxylic acids is 2. The van der Waals surface area contributed by atoms with Crippen LogP contribution in [0.15, 0.2) is 48.0 Å². The Morgan fingerprint density at radius 1 is 1.20 bits per heavy atom. The molecule has 2 aromatic rings. The average molecular weight is 622 g/mol. The fourth-order valence-electron chi connectivity index (χ4n) is 6.26. The van der Waals surface area contributed by atoms with Crippen LogP contribution >= 0.6 is 0 Å². The molecule has 1 amide bonds. The number of carbonyl (C=O) groups is 2. The molecule has 0 N–H and O–H groups in total. The first-order valence-electron chi connectivity index (χ1n) is 15.0. The zero-order valence-corrected chi connectivity index (χ0v) is 28.5. The second-order valence-corrected chi connectivity index (χ2v) is 12.9. The van der Waals surface area contributed by atoms with Crippen molar-refractivity contribution in [1.29, 1.82) is 0 Å². The Morgan fingerprint density at radius 2 is 1.91 bits per heavy atom. The third-order valence-electron chi connectivity index (χ3n) is 8.12. The Balaban J connectivity index is 0.00000288. The van der Waals surface area contributed by atoms with Gasteiger partial charge in [0.1, 0.15) is 29.2 Å². The fraction of sp³-hybridized carbons (Fsp3) is 0.515. The predicted molar refractivity (Wildman–Crippen MR) is 160 cm³/mol. The van der Waals surface area contributed by atoms with Crippen LogP contribution in [0, 0.1) is 0 Å². The molecule has 1 atom stereocenters. The SMILES string of the molecule is CCO/C([O-])=C/C[C@@]12CCCN1C([O-])=C(Cc1cn(C(=O)OC(C)(C)C)c3c4c(ccc13)OC(C)(C)C=C4)N(COC)C2=O.[Li+].[Li+]. The summed E-state index contributed by atoms with van der Waals surface area (Å²) in [7, 11) is 1.46. The van der Waals surface area contributed by atoms with Gasteiger partial charge in [-0.25, -0.2) is 4.79 Å². The summed E-state index contributed by atoms with van der Waals surface area (Å²) in [5, 5.41) is 27.1. The molecule has 1 aromatic carbocycles. The summed E-state index contributed by atoms with van der Waals surface area (Å²) in [4.78, 5) is 30.6. The number of aromatic nitrogens is 1. The van der Waals surface area contributed by atoms with Crippen LogP contribution in [0.1, 0.15) is 71.9 Å². The molecule has 3 aliphatic heterocycles. The maximum atomic E-state index is 14.2. The van der Waals surface area contributed by atoms with E-state index in [1.807, 2.05) is 38.1 Å². The van der Waals surface area contributed by atoms with Gasteiger partial charge in [0.2, 0.25) is 0 Å². The topological polar surface area (TPSA) is 129 Å². The van der Waals surface area contributed by atoms with Gasteiger partial charge in [-0.15, -0.1) is 0 Å². The van der Waals surface area contributed by atoms with Crippen LogP contribution in [0.25, 0.3) is 17.0 Å². The van der Waals surface area contributed by atoms with Crippen molar-refractivity contribution in [2.45, 2.75) is 84.0 Å². The van der Waals surface area contributed by atoms with Crippen molar-refractivity contribution in [2.24, 2.45) is 0 Å². The Kier molecular flexibility index (Phi) is 11.5. The molecular weight excluding hydrogens is 580 g/mol. The Hall–Kier alpha value is -2.93. The molecule has 0 spiro atoms. The zero-order valence-electron chi connectivity index (χ0n) is 28.5. The summed E-state index contributed by atoms with van der Waals surface area (Å²) in [6, 6.07) is 3.72. The van der Waals surface area contributed by atoms with Crippen LogP contribution in [0.4, 0.5) is 4.79 Å². The number of fused-ring (bicyclic) bond motifs is 4. The van der Waals surface area contributed by atoms with Gasteiger partial charge in [0.25, 0.3) is 5.91 Å². The van der Waals surface area contributed by atoms with Crippen molar-refractivity contribution in [1.82, 2.24) is 14.4 Å². The first-order chi connectivity index (χ1) is 20.7. The summed E-state index contributed by atoms with van der Waals surface area (Å²) in [5.41, 5.74) is -0.251. The average Bonchev–Trinajstić information content (AvgIpc) is 3.54. The summed E-state index contributed by atoms with van der Waals surface area (Å²) in [6.45, 7) is 11.5. The quantitative estimate of drug-likeness (QED) is 0.234. The number of amides is 1. The minimum absolute atomic E-state index is 0. The number of methoxy groups -OCH3 is 1. The van der Waals surface area contributed by atoms with Crippen molar-refractivity contribution in [2.75, 3.05) is 27.0 Å². The molecule has 0 bridgehead atoms. The van der Waals surface area contributed by atoms with Gasteiger partial charge in [-0.2, -0.15) is 0 Å². The number of rotatable bonds is 8. The van der Waals surface area contributed by atoms with Gasteiger partial charge in [0.05, 0.1) is 5.52 Å². The molecule has 0 radical (unpaired) electrons. The van der Waals surface area contributed by atoms with E-state index in [-0.39, 0.29) is 81.4 Å². The molecule has 238 valence electrons. The third kappa shape index (κ3) is 7.00. The fourth-order valence-corrected chi connectivity index (χ4v) is 6.26. The standard InChI is InChI=1S/C33H43N3O8.2Li/c1-8-42-26(37)13-16-33-14-9-17-36(33)28(38)24(35(20-41-7)29(33)39)18-21-19-34(30(40)44-31(2,3)4)27-22(21)10-11-25-23(27)12-15-32(5,6)43-25;;/h10-13,15,19,37-38H,8-9,14,16-18,20H2,1-7H3;;/q;2*+1/p-2/b26-13+;;/t33-;;/m1../s1. The zero-order chi connectivity index (χ0) is 32.0. The van der Waals surface area contributed by atoms with E-state index < -0.39 is 28.8 Å². The smallest absolute Gasteiger partial charge is 0.859 e. The van der Waals surface area contributed by atoms with Crippen LogP contribution in [0.3, 0.4) is 0 Å². The Bertz CT molecular complexity index is 1570. The van der Waals surface area contributed by atoms with E-state index in [1.165, 1.54) is 22.7 Å². The molecule has 4 heterocycles. The van der Waals surface area contributed by atoms with Gasteiger partial charge in [-0.05, 0) is 96.2 Å². The summed E-state index contributed by atoms with van der Waals surface area (Å²) in [5.74, 6) is -0.519. The van der Waals surface area contributed by atoms with E-state index in [2.05, 4.69) is 0 Å². The van der Waals surface area contributed by atoms with Gasteiger partial charge < -0.3 is 34.1 Å². The number of nitrogens with zero attached hydrogens (tertiary/aromatic N) is 3. The maximum absolute atomic E-state index is 14.2. The largest absolute Gasteiger partial charge is 1.00 e. The second-order valence-electron chi connectivity index (χ2n) is 12.9. The van der Waals surface area contributed by atoms with E-state index in [0.717, 1.165) is 10.9 Å². The molecule has 0 unspecified atom stereocenters. The first kappa shape index (κ1) is 37.5. The summed E-state index contributed by atoms with van der Waals surface area (Å²) < 4.78 is 23.9. The number of ether oxygens (including phenoxy) is 4. The minimum Gasteiger partial charge on any atom is -0.859 e. The van der Waals surface area contributed by atoms with Crippen LogP contribution in [-0.4, -0.2) is 70.1 Å². The number of hydrogen-bond donors (Lipinski definition) is 0. The molecule has 13 heteroatoms. The number of hydrogen-bond acceptors (Lipinski definition) is 9. The van der Waals surface area contributed by atoms with E-state index in [9.17, 15) is 19.8 Å². The van der Waals surface area contributed by atoms with E-state index in [0.29, 0.717) is 36.2 Å². The van der Waals surface area contributed by atoms with E-state index >= 15 is 0 Å². The molecular formula is C33H41Li2N3O8. The summed E-state index contributed by atoms with van der Waals surface area (Å²) in [6.07, 6.45) is 7.46. The predicted octanol–water partition coefficient (Wildman–Crippen LogP) is -2.40. The second kappa shape index (κ2) is 14.1. The van der Waals surface area contributed by atoms with Crippen molar-refractivity contribution in [3.05, 3.63) is 59.1 Å². The van der Waals surface area contributed by atoms with Crippen molar-refractivity contribution in [3.8, 4) is 5.75 Å². The van der Waals surface area contributed by atoms with Crippen LogP contribution in [-0.2, 0) is 25.4 Å². The van der Waals surface area contributed by atoms with Crippen LogP contribution in [0.2, 0.25) is 0 Å². The molecule has 0 saturated carbocycles. The number of benzene rings is 1. The molecule has 0 aliphatic carbocycles. The van der Waals surface area contributed by atoms with Crippen molar-refractivity contribution >= 4 is 29.0 Å². The van der Waals surface area contributed by atoms with Crippen molar-refractivity contribution < 1.29 is 76.5 Å².